The van der Waals surface area contributed by atoms with E-state index in [1.165, 1.54) is 18.1 Å². The molecule has 3 rings (SSSR count). The van der Waals surface area contributed by atoms with Crippen LogP contribution in [-0.4, -0.2) is 43.5 Å². The zero-order valence-electron chi connectivity index (χ0n) is 14.3. The Hall–Kier alpha value is -2.94. The zero-order chi connectivity index (χ0) is 18.5. The van der Waals surface area contributed by atoms with E-state index in [-0.39, 0.29) is 5.91 Å². The van der Waals surface area contributed by atoms with E-state index in [0.717, 1.165) is 11.1 Å². The number of hydrogen-bond acceptors (Lipinski definition) is 6. The number of hydrogen-bond donors (Lipinski definition) is 2. The molecule has 0 fully saturated rings. The molecule has 0 bridgehead atoms. The number of nitrogens with zero attached hydrogens (tertiary/aromatic N) is 4. The van der Waals surface area contributed by atoms with Crippen molar-refractivity contribution in [2.45, 2.75) is 24.1 Å². The van der Waals surface area contributed by atoms with E-state index >= 15 is 0 Å². The topological polar surface area (TPSA) is 102 Å². The standard InChI is InChI=1S/C17H18N6O2S/c1-3-18-17(25)22-15(24)11(2)26-16-13-9-21-23(14(13)19-10-20-16)12-7-5-4-6-8-12/h4-11H,3H2,1-2H3,(H2,18,22,24,25). The third-order valence-electron chi connectivity index (χ3n) is 3.56. The lowest BCUT2D eigenvalue weighted by Gasteiger charge is -2.11. The van der Waals surface area contributed by atoms with Crippen LogP contribution in [0.5, 0.6) is 0 Å². The van der Waals surface area contributed by atoms with Gasteiger partial charge in [-0.2, -0.15) is 5.10 Å². The van der Waals surface area contributed by atoms with Crippen LogP contribution in [0.15, 0.2) is 47.9 Å². The number of aromatic nitrogens is 4. The van der Waals surface area contributed by atoms with E-state index in [0.29, 0.717) is 17.2 Å². The molecule has 0 aliphatic carbocycles. The van der Waals surface area contributed by atoms with Gasteiger partial charge in [0.2, 0.25) is 5.91 Å². The Morgan fingerprint density at radius 3 is 2.73 bits per heavy atom. The Morgan fingerprint density at radius 2 is 2.00 bits per heavy atom. The summed E-state index contributed by atoms with van der Waals surface area (Å²) in [5.74, 6) is -0.386. The summed E-state index contributed by atoms with van der Waals surface area (Å²) in [4.78, 5) is 32.2. The predicted octanol–water partition coefficient (Wildman–Crippen LogP) is 2.14. The van der Waals surface area contributed by atoms with Gasteiger partial charge in [0, 0.05) is 6.54 Å². The van der Waals surface area contributed by atoms with E-state index in [4.69, 9.17) is 0 Å². The Kier molecular flexibility index (Phi) is 5.47. The van der Waals surface area contributed by atoms with Gasteiger partial charge in [0.05, 0.1) is 22.5 Å². The summed E-state index contributed by atoms with van der Waals surface area (Å²) >= 11 is 1.25. The molecule has 2 N–H and O–H groups in total. The molecule has 2 aromatic heterocycles. The highest BCUT2D eigenvalue weighted by Crippen LogP contribution is 2.28. The second-order valence-electron chi connectivity index (χ2n) is 5.42. The summed E-state index contributed by atoms with van der Waals surface area (Å²) < 4.78 is 1.72. The fraction of sp³-hybridized carbons (Fsp3) is 0.235. The Morgan fingerprint density at radius 1 is 1.23 bits per heavy atom. The van der Waals surface area contributed by atoms with Crippen LogP contribution in [0.25, 0.3) is 16.7 Å². The van der Waals surface area contributed by atoms with Crippen molar-refractivity contribution in [1.82, 2.24) is 30.4 Å². The van der Waals surface area contributed by atoms with Crippen LogP contribution < -0.4 is 10.6 Å². The fourth-order valence-corrected chi connectivity index (χ4v) is 3.19. The monoisotopic (exact) mass is 370 g/mol. The minimum atomic E-state index is -0.505. The van der Waals surface area contributed by atoms with Crippen molar-refractivity contribution in [1.29, 1.82) is 0 Å². The summed E-state index contributed by atoms with van der Waals surface area (Å²) in [7, 11) is 0. The first-order valence-corrected chi connectivity index (χ1v) is 8.97. The smallest absolute Gasteiger partial charge is 0.321 e. The highest BCUT2D eigenvalue weighted by atomic mass is 32.2. The molecule has 1 aromatic carbocycles. The van der Waals surface area contributed by atoms with Gasteiger partial charge in [0.15, 0.2) is 5.65 Å². The quantitative estimate of drug-likeness (QED) is 0.527. The number of carbonyl (C=O) groups excluding carboxylic acids is 2. The lowest BCUT2D eigenvalue weighted by Crippen LogP contribution is -2.42. The summed E-state index contributed by atoms with van der Waals surface area (Å²) in [5.41, 5.74) is 1.55. The van der Waals surface area contributed by atoms with E-state index in [1.807, 2.05) is 30.3 Å². The summed E-state index contributed by atoms with van der Waals surface area (Å²) in [6, 6.07) is 9.14. The minimum Gasteiger partial charge on any atom is -0.338 e. The van der Waals surface area contributed by atoms with Crippen LogP contribution >= 0.6 is 11.8 Å². The van der Waals surface area contributed by atoms with Crippen molar-refractivity contribution in [3.05, 3.63) is 42.9 Å². The van der Waals surface area contributed by atoms with Gasteiger partial charge < -0.3 is 5.32 Å². The van der Waals surface area contributed by atoms with E-state index < -0.39 is 11.3 Å². The third kappa shape index (κ3) is 3.83. The number of urea groups is 1. The van der Waals surface area contributed by atoms with Crippen molar-refractivity contribution >= 4 is 34.7 Å². The number of nitrogens with one attached hydrogen (secondary N) is 2. The van der Waals surface area contributed by atoms with Gasteiger partial charge in [0.25, 0.3) is 0 Å². The number of carbonyl (C=O) groups is 2. The van der Waals surface area contributed by atoms with Gasteiger partial charge in [0.1, 0.15) is 11.4 Å². The minimum absolute atomic E-state index is 0.386. The molecular weight excluding hydrogens is 352 g/mol. The van der Waals surface area contributed by atoms with Gasteiger partial charge in [-0.15, -0.1) is 0 Å². The number of amides is 3. The Labute approximate surface area is 154 Å². The lowest BCUT2D eigenvalue weighted by atomic mass is 10.3. The average molecular weight is 370 g/mol. The molecule has 8 nitrogen and oxygen atoms in total. The van der Waals surface area contributed by atoms with Crippen LogP contribution in [0, 0.1) is 0 Å². The van der Waals surface area contributed by atoms with E-state index in [9.17, 15) is 9.59 Å². The average Bonchev–Trinajstić information content (AvgIpc) is 3.07. The molecule has 0 radical (unpaired) electrons. The molecule has 0 saturated carbocycles. The highest BCUT2D eigenvalue weighted by molar-refractivity contribution is 8.00. The second kappa shape index (κ2) is 7.96. The molecule has 26 heavy (non-hydrogen) atoms. The molecule has 1 atom stereocenters. The number of rotatable bonds is 5. The van der Waals surface area contributed by atoms with E-state index in [1.54, 1.807) is 24.7 Å². The molecule has 9 heteroatoms. The molecule has 3 aromatic rings. The van der Waals surface area contributed by atoms with Gasteiger partial charge in [-0.3, -0.25) is 10.1 Å². The second-order valence-corrected chi connectivity index (χ2v) is 6.75. The molecule has 0 saturated heterocycles. The molecule has 0 spiro atoms. The number of benzene rings is 1. The zero-order valence-corrected chi connectivity index (χ0v) is 15.2. The first kappa shape index (κ1) is 17.9. The summed E-state index contributed by atoms with van der Waals surface area (Å²) in [5, 5.41) is 10.1. The first-order chi connectivity index (χ1) is 12.6. The van der Waals surface area contributed by atoms with Crippen molar-refractivity contribution < 1.29 is 9.59 Å². The highest BCUT2D eigenvalue weighted by Gasteiger charge is 2.20. The number of fused-ring (bicyclic) bond motifs is 1. The van der Waals surface area contributed by atoms with Crippen LogP contribution in [0.1, 0.15) is 13.8 Å². The van der Waals surface area contributed by atoms with Crippen LogP contribution in [0.2, 0.25) is 0 Å². The largest absolute Gasteiger partial charge is 0.338 e. The maximum Gasteiger partial charge on any atom is 0.321 e. The van der Waals surface area contributed by atoms with Crippen molar-refractivity contribution in [3.8, 4) is 5.69 Å². The lowest BCUT2D eigenvalue weighted by molar-refractivity contribution is -0.119. The van der Waals surface area contributed by atoms with Crippen LogP contribution in [-0.2, 0) is 4.79 Å². The number of thioether (sulfide) groups is 1. The summed E-state index contributed by atoms with van der Waals surface area (Å²) in [6.45, 7) is 3.95. The molecular formula is C17H18N6O2S. The SMILES string of the molecule is CCNC(=O)NC(=O)C(C)Sc1ncnc2c1cnn2-c1ccccc1. The van der Waals surface area contributed by atoms with Crippen molar-refractivity contribution in [2.24, 2.45) is 0 Å². The van der Waals surface area contributed by atoms with Crippen molar-refractivity contribution in [2.75, 3.05) is 6.54 Å². The molecule has 0 aliphatic heterocycles. The predicted molar refractivity (Wildman–Crippen MR) is 99.2 cm³/mol. The molecule has 134 valence electrons. The Balaban J connectivity index is 1.82. The van der Waals surface area contributed by atoms with Gasteiger partial charge in [-0.05, 0) is 26.0 Å². The van der Waals surface area contributed by atoms with Gasteiger partial charge in [-0.1, -0.05) is 30.0 Å². The van der Waals surface area contributed by atoms with E-state index in [2.05, 4.69) is 25.7 Å². The van der Waals surface area contributed by atoms with Crippen LogP contribution in [0.4, 0.5) is 4.79 Å². The first-order valence-electron chi connectivity index (χ1n) is 8.09. The molecule has 2 heterocycles. The molecule has 3 amide bonds. The fourth-order valence-electron chi connectivity index (χ4n) is 2.31. The third-order valence-corrected chi connectivity index (χ3v) is 4.68. The summed E-state index contributed by atoms with van der Waals surface area (Å²) in [6.07, 6.45) is 3.12. The van der Waals surface area contributed by atoms with Gasteiger partial charge >= 0.3 is 6.03 Å². The Bertz CT molecular complexity index is 927. The molecule has 0 aliphatic rings. The van der Waals surface area contributed by atoms with Crippen molar-refractivity contribution in [3.63, 3.8) is 0 Å². The molecule has 1 unspecified atom stereocenters. The number of imide groups is 1. The normalized spacial score (nSPS) is 11.9. The number of para-hydroxylation sites is 1. The van der Waals surface area contributed by atoms with Gasteiger partial charge in [-0.25, -0.2) is 19.4 Å². The maximum atomic E-state index is 12.1. The van der Waals surface area contributed by atoms with Crippen LogP contribution in [0.3, 0.4) is 0 Å². The maximum absolute atomic E-state index is 12.1.